The average Bonchev–Trinajstić information content (AvgIpc) is 2.89. The lowest BCUT2D eigenvalue weighted by Crippen LogP contribution is -2.42. The largest absolute Gasteiger partial charge is 0.443 e. The second kappa shape index (κ2) is 12.8. The Labute approximate surface area is 225 Å². The van der Waals surface area contributed by atoms with Gasteiger partial charge in [0.2, 0.25) is 0 Å². The predicted octanol–water partition coefficient (Wildman–Crippen LogP) is 7.34. The van der Waals surface area contributed by atoms with Gasteiger partial charge in [-0.2, -0.15) is 12.6 Å². The lowest BCUT2D eigenvalue weighted by Gasteiger charge is -2.36. The van der Waals surface area contributed by atoms with Crippen LogP contribution in [-0.2, 0) is 21.6 Å². The summed E-state index contributed by atoms with van der Waals surface area (Å²) in [6.45, 7) is 0. The molecule has 36 heavy (non-hydrogen) atoms. The van der Waals surface area contributed by atoms with E-state index in [9.17, 15) is 4.79 Å². The molecular weight excluding hydrogens is 486 g/mol. The first-order chi connectivity index (χ1) is 17.5. The van der Waals surface area contributed by atoms with Crippen LogP contribution in [0.2, 0.25) is 5.02 Å². The number of benzene rings is 3. The van der Waals surface area contributed by atoms with Gasteiger partial charge in [-0.1, -0.05) is 129 Å². The lowest BCUT2D eigenvalue weighted by atomic mass is 9.79. The molecule has 1 unspecified atom stereocenters. The number of thiol groups is 1. The summed E-state index contributed by atoms with van der Waals surface area (Å²) in [4.78, 5) is 13.2. The number of hydrogen-bond acceptors (Lipinski definition) is 4. The van der Waals surface area contributed by atoms with Gasteiger partial charge in [-0.05, 0) is 24.0 Å². The zero-order valence-electron chi connectivity index (χ0n) is 20.7. The van der Waals surface area contributed by atoms with Crippen molar-refractivity contribution in [1.82, 2.24) is 0 Å². The summed E-state index contributed by atoms with van der Waals surface area (Å²) in [5.74, 6) is 0.393. The SMILES string of the molecule is N[C@@H](CS)C(=O)OC(c1ccccc1)(c1ccc(CC2CCCCCCC2)cc1)c1ccccc1Cl. The van der Waals surface area contributed by atoms with E-state index >= 15 is 0 Å². The lowest BCUT2D eigenvalue weighted by molar-refractivity contribution is -0.154. The van der Waals surface area contributed by atoms with Crippen LogP contribution in [0.1, 0.15) is 67.2 Å². The molecule has 1 fully saturated rings. The van der Waals surface area contributed by atoms with E-state index in [0.717, 1.165) is 23.5 Å². The van der Waals surface area contributed by atoms with Crippen molar-refractivity contribution < 1.29 is 9.53 Å². The molecule has 0 aliphatic heterocycles. The van der Waals surface area contributed by atoms with Crippen molar-refractivity contribution in [2.24, 2.45) is 11.7 Å². The number of rotatable bonds is 8. The van der Waals surface area contributed by atoms with Crippen molar-refractivity contribution in [3.05, 3.63) is 106 Å². The summed E-state index contributed by atoms with van der Waals surface area (Å²) >= 11 is 11.0. The molecule has 1 aliphatic carbocycles. The molecule has 0 saturated heterocycles. The maximum Gasteiger partial charge on any atom is 0.325 e. The van der Waals surface area contributed by atoms with Gasteiger partial charge in [-0.25, -0.2) is 0 Å². The highest BCUT2D eigenvalue weighted by molar-refractivity contribution is 7.80. The summed E-state index contributed by atoms with van der Waals surface area (Å²) in [6, 6.07) is 24.9. The van der Waals surface area contributed by atoms with Crippen LogP contribution in [-0.4, -0.2) is 17.8 Å². The molecule has 0 spiro atoms. The van der Waals surface area contributed by atoms with Gasteiger partial charge in [-0.15, -0.1) is 0 Å². The average molecular weight is 522 g/mol. The minimum absolute atomic E-state index is 0.187. The van der Waals surface area contributed by atoms with Crippen LogP contribution in [0.4, 0.5) is 0 Å². The first-order valence-corrected chi connectivity index (χ1v) is 14.0. The highest BCUT2D eigenvalue weighted by Gasteiger charge is 2.43. The Morgan fingerprint density at radius 1 is 0.889 bits per heavy atom. The summed E-state index contributed by atoms with van der Waals surface area (Å²) in [7, 11) is 0. The molecule has 0 heterocycles. The minimum atomic E-state index is -1.24. The summed E-state index contributed by atoms with van der Waals surface area (Å²) < 4.78 is 6.35. The Kier molecular flexibility index (Phi) is 9.53. The van der Waals surface area contributed by atoms with Crippen molar-refractivity contribution in [3.8, 4) is 0 Å². The van der Waals surface area contributed by atoms with E-state index in [4.69, 9.17) is 22.1 Å². The maximum atomic E-state index is 13.2. The molecule has 2 N–H and O–H groups in total. The first-order valence-electron chi connectivity index (χ1n) is 13.0. The van der Waals surface area contributed by atoms with E-state index in [2.05, 4.69) is 36.9 Å². The van der Waals surface area contributed by atoms with E-state index in [-0.39, 0.29) is 5.75 Å². The van der Waals surface area contributed by atoms with Gasteiger partial charge in [0, 0.05) is 27.5 Å². The number of ether oxygens (including phenoxy) is 1. The fourth-order valence-electron chi connectivity index (χ4n) is 5.32. The molecule has 0 bridgehead atoms. The number of nitrogens with two attached hydrogens (primary N) is 1. The molecule has 0 amide bonds. The van der Waals surface area contributed by atoms with Crippen LogP contribution in [0.5, 0.6) is 0 Å². The third-order valence-corrected chi connectivity index (χ3v) is 8.02. The number of hydrogen-bond donors (Lipinski definition) is 2. The zero-order valence-corrected chi connectivity index (χ0v) is 22.4. The van der Waals surface area contributed by atoms with Crippen LogP contribution in [0.25, 0.3) is 0 Å². The molecule has 190 valence electrons. The molecule has 1 aliphatic rings. The van der Waals surface area contributed by atoms with Gasteiger partial charge >= 0.3 is 5.97 Å². The van der Waals surface area contributed by atoms with Crippen molar-refractivity contribution in [3.63, 3.8) is 0 Å². The number of esters is 1. The van der Waals surface area contributed by atoms with Crippen LogP contribution in [0, 0.1) is 5.92 Å². The monoisotopic (exact) mass is 521 g/mol. The van der Waals surface area contributed by atoms with E-state index in [0.29, 0.717) is 10.6 Å². The van der Waals surface area contributed by atoms with Crippen LogP contribution < -0.4 is 5.73 Å². The molecule has 3 nitrogen and oxygen atoms in total. The van der Waals surface area contributed by atoms with E-state index in [1.165, 1.54) is 50.5 Å². The van der Waals surface area contributed by atoms with Gasteiger partial charge in [0.1, 0.15) is 6.04 Å². The third-order valence-electron chi connectivity index (χ3n) is 7.30. The Morgan fingerprint density at radius 2 is 1.47 bits per heavy atom. The fourth-order valence-corrected chi connectivity index (χ4v) is 5.74. The van der Waals surface area contributed by atoms with Gasteiger partial charge < -0.3 is 10.5 Å². The predicted molar refractivity (Wildman–Crippen MR) is 152 cm³/mol. The molecule has 3 aromatic rings. The Morgan fingerprint density at radius 3 is 2.11 bits per heavy atom. The number of halogens is 1. The summed E-state index contributed by atoms with van der Waals surface area (Å²) in [5, 5.41) is 0.521. The molecule has 0 aromatic heterocycles. The highest BCUT2D eigenvalue weighted by Crippen LogP contribution is 2.44. The Bertz CT molecular complexity index is 1110. The topological polar surface area (TPSA) is 52.3 Å². The zero-order chi connectivity index (χ0) is 25.4. The normalized spacial score (nSPS) is 17.4. The van der Waals surface area contributed by atoms with Gasteiger partial charge in [0.25, 0.3) is 0 Å². The minimum Gasteiger partial charge on any atom is -0.443 e. The number of carbonyl (C=O) groups is 1. The van der Waals surface area contributed by atoms with Crippen molar-refractivity contribution >= 4 is 30.2 Å². The molecule has 1 saturated carbocycles. The molecule has 3 aromatic carbocycles. The molecule has 2 atom stereocenters. The molecular formula is C31H36ClNO2S. The van der Waals surface area contributed by atoms with Crippen LogP contribution in [0.15, 0.2) is 78.9 Å². The highest BCUT2D eigenvalue weighted by atomic mass is 35.5. The van der Waals surface area contributed by atoms with Gasteiger partial charge in [0.15, 0.2) is 5.60 Å². The number of carbonyl (C=O) groups excluding carboxylic acids is 1. The fraction of sp³-hybridized carbons (Fsp3) is 0.387. The van der Waals surface area contributed by atoms with Crippen LogP contribution >= 0.6 is 24.2 Å². The second-order valence-corrected chi connectivity index (χ2v) is 10.6. The Balaban J connectivity index is 1.77. The molecule has 0 radical (unpaired) electrons. The van der Waals surface area contributed by atoms with Gasteiger partial charge in [-0.3, -0.25) is 4.79 Å². The van der Waals surface area contributed by atoms with E-state index in [1.807, 2.05) is 54.6 Å². The van der Waals surface area contributed by atoms with Crippen molar-refractivity contribution in [2.45, 2.75) is 63.0 Å². The molecule has 4 rings (SSSR count). The maximum absolute atomic E-state index is 13.2. The Hall–Kier alpha value is -2.27. The van der Waals surface area contributed by atoms with Crippen molar-refractivity contribution in [1.29, 1.82) is 0 Å². The quantitative estimate of drug-likeness (QED) is 0.185. The van der Waals surface area contributed by atoms with Crippen LogP contribution in [0.3, 0.4) is 0 Å². The smallest absolute Gasteiger partial charge is 0.325 e. The third kappa shape index (κ3) is 6.16. The van der Waals surface area contributed by atoms with E-state index in [1.54, 1.807) is 0 Å². The summed E-state index contributed by atoms with van der Waals surface area (Å²) in [5.41, 5.74) is 8.48. The van der Waals surface area contributed by atoms with Crippen molar-refractivity contribution in [2.75, 3.05) is 5.75 Å². The standard InChI is InChI=1S/C31H36ClNO2S/c32-28-16-10-9-15-27(28)31(25-13-7-4-8-14-25,35-30(34)29(33)22-36)26-19-17-24(18-20-26)21-23-11-5-2-1-3-6-12-23/h4,7-10,13-20,23,29,36H,1-3,5-6,11-12,21-22,33H2/t29-,31?/m0/s1. The van der Waals surface area contributed by atoms with E-state index < -0.39 is 17.6 Å². The second-order valence-electron chi connectivity index (χ2n) is 9.85. The first kappa shape index (κ1) is 26.8. The summed E-state index contributed by atoms with van der Waals surface area (Å²) in [6.07, 6.45) is 10.4. The molecule has 5 heteroatoms. The van der Waals surface area contributed by atoms with Gasteiger partial charge in [0.05, 0.1) is 0 Å².